The topological polar surface area (TPSA) is 73.6 Å². The molecule has 7 heteroatoms. The number of thioether (sulfide) groups is 1. The van der Waals surface area contributed by atoms with Gasteiger partial charge in [-0.05, 0) is 55.5 Å². The molecule has 1 fully saturated rings. The van der Waals surface area contributed by atoms with Crippen molar-refractivity contribution in [1.29, 1.82) is 0 Å². The summed E-state index contributed by atoms with van der Waals surface area (Å²) in [6.07, 6.45) is 3.51. The predicted octanol–water partition coefficient (Wildman–Crippen LogP) is 4.75. The van der Waals surface area contributed by atoms with Crippen LogP contribution in [0.25, 0.3) is 11.3 Å². The van der Waals surface area contributed by atoms with Gasteiger partial charge in [0.1, 0.15) is 0 Å². The molecule has 1 saturated carbocycles. The summed E-state index contributed by atoms with van der Waals surface area (Å²) in [4.78, 5) is 14.1. The zero-order valence-corrected chi connectivity index (χ0v) is 17.3. The van der Waals surface area contributed by atoms with Crippen molar-refractivity contribution < 1.29 is 18.8 Å². The van der Waals surface area contributed by atoms with E-state index in [-0.39, 0.29) is 5.91 Å². The third kappa shape index (κ3) is 3.70. The number of carbonyl (C=O) groups excluding carboxylic acids is 1. The molecule has 0 bridgehead atoms. The van der Waals surface area contributed by atoms with Crippen molar-refractivity contribution in [2.24, 2.45) is 0 Å². The molecule has 1 N–H and O–H groups in total. The van der Waals surface area contributed by atoms with E-state index in [0.29, 0.717) is 23.0 Å². The number of aromatic nitrogens is 1. The molecule has 1 aliphatic carbocycles. The van der Waals surface area contributed by atoms with Gasteiger partial charge in [-0.15, -0.1) is 11.8 Å². The first-order chi connectivity index (χ1) is 14.1. The SMILES string of the molecule is COc1ccc(-c2cc(C3(C(=O)Nc4cccc(SC)c4)CC3)no2)cc1OC. The number of hydrogen-bond donors (Lipinski definition) is 1. The number of rotatable bonds is 7. The summed E-state index contributed by atoms with van der Waals surface area (Å²) in [6, 6.07) is 15.2. The van der Waals surface area contributed by atoms with Gasteiger partial charge in [0.15, 0.2) is 17.3 Å². The molecule has 0 atom stereocenters. The lowest BCUT2D eigenvalue weighted by molar-refractivity contribution is -0.118. The first-order valence-corrected chi connectivity index (χ1v) is 10.5. The number of ether oxygens (including phenoxy) is 2. The average Bonchev–Trinajstić information content (AvgIpc) is 3.43. The van der Waals surface area contributed by atoms with Gasteiger partial charge >= 0.3 is 0 Å². The number of anilines is 1. The normalized spacial score (nSPS) is 14.3. The van der Waals surface area contributed by atoms with Gasteiger partial charge in [0.25, 0.3) is 0 Å². The van der Waals surface area contributed by atoms with E-state index in [1.54, 1.807) is 26.0 Å². The lowest BCUT2D eigenvalue weighted by atomic mass is 10.00. The molecule has 2 aromatic carbocycles. The lowest BCUT2D eigenvalue weighted by Gasteiger charge is -2.13. The van der Waals surface area contributed by atoms with E-state index in [1.165, 1.54) is 0 Å². The van der Waals surface area contributed by atoms with Crippen molar-refractivity contribution in [1.82, 2.24) is 5.16 Å². The standard InChI is InChI=1S/C22H22N2O4S/c1-26-17-8-7-14(11-19(17)27-2)18-13-20(24-28-18)22(9-10-22)21(25)23-15-5-4-6-16(12-15)29-3/h4-8,11-13H,9-10H2,1-3H3,(H,23,25). The first-order valence-electron chi connectivity index (χ1n) is 9.25. The highest BCUT2D eigenvalue weighted by Crippen LogP contribution is 2.49. The van der Waals surface area contributed by atoms with Crippen LogP contribution in [0.15, 0.2) is 57.9 Å². The zero-order chi connectivity index (χ0) is 20.4. The number of nitrogens with one attached hydrogen (secondary N) is 1. The molecule has 0 unspecified atom stereocenters. The molecule has 29 heavy (non-hydrogen) atoms. The number of carbonyl (C=O) groups is 1. The van der Waals surface area contributed by atoms with Crippen LogP contribution in [0.4, 0.5) is 5.69 Å². The number of amides is 1. The van der Waals surface area contributed by atoms with Crippen molar-refractivity contribution in [2.45, 2.75) is 23.2 Å². The highest BCUT2D eigenvalue weighted by Gasteiger charge is 2.53. The monoisotopic (exact) mass is 410 g/mol. The Morgan fingerprint density at radius 2 is 1.90 bits per heavy atom. The van der Waals surface area contributed by atoms with Crippen LogP contribution >= 0.6 is 11.8 Å². The Bertz CT molecular complexity index is 1040. The molecule has 150 valence electrons. The van der Waals surface area contributed by atoms with Gasteiger partial charge in [-0.2, -0.15) is 0 Å². The van der Waals surface area contributed by atoms with Gasteiger partial charge in [0, 0.05) is 22.2 Å². The fraction of sp³-hybridized carbons (Fsp3) is 0.273. The molecule has 0 radical (unpaired) electrons. The van der Waals surface area contributed by atoms with Crippen molar-refractivity contribution in [3.05, 3.63) is 54.2 Å². The van der Waals surface area contributed by atoms with E-state index < -0.39 is 5.41 Å². The van der Waals surface area contributed by atoms with Gasteiger partial charge in [-0.1, -0.05) is 11.2 Å². The summed E-state index contributed by atoms with van der Waals surface area (Å²) in [5.41, 5.74) is 1.62. The van der Waals surface area contributed by atoms with E-state index in [9.17, 15) is 4.79 Å². The van der Waals surface area contributed by atoms with E-state index in [2.05, 4.69) is 10.5 Å². The highest BCUT2D eigenvalue weighted by molar-refractivity contribution is 7.98. The van der Waals surface area contributed by atoms with Gasteiger partial charge in [-0.3, -0.25) is 4.79 Å². The van der Waals surface area contributed by atoms with Crippen LogP contribution in [0.5, 0.6) is 11.5 Å². The molecule has 1 aromatic heterocycles. The third-order valence-corrected chi connectivity index (χ3v) is 5.91. The van der Waals surface area contributed by atoms with E-state index in [1.807, 2.05) is 54.8 Å². The molecule has 0 spiro atoms. The van der Waals surface area contributed by atoms with Gasteiger partial charge in [0.2, 0.25) is 5.91 Å². The summed E-state index contributed by atoms with van der Waals surface area (Å²) >= 11 is 1.64. The van der Waals surface area contributed by atoms with Crippen molar-refractivity contribution in [2.75, 3.05) is 25.8 Å². The number of benzene rings is 2. The second-order valence-electron chi connectivity index (χ2n) is 6.91. The van der Waals surface area contributed by atoms with E-state index >= 15 is 0 Å². The molecular weight excluding hydrogens is 388 g/mol. The maximum Gasteiger partial charge on any atom is 0.236 e. The quantitative estimate of drug-likeness (QED) is 0.567. The molecular formula is C22H22N2O4S. The molecule has 3 aromatic rings. The third-order valence-electron chi connectivity index (χ3n) is 5.18. The maximum atomic E-state index is 13.0. The molecule has 0 saturated heterocycles. The Labute approximate surface area is 173 Å². The Balaban J connectivity index is 1.56. The second kappa shape index (κ2) is 7.83. The Morgan fingerprint density at radius 1 is 1.10 bits per heavy atom. The fourth-order valence-electron chi connectivity index (χ4n) is 3.30. The Hall–Kier alpha value is -2.93. The molecule has 0 aliphatic heterocycles. The predicted molar refractivity (Wildman–Crippen MR) is 113 cm³/mol. The average molecular weight is 410 g/mol. The molecule has 6 nitrogen and oxygen atoms in total. The van der Waals surface area contributed by atoms with Crippen LogP contribution < -0.4 is 14.8 Å². The van der Waals surface area contributed by atoms with Gasteiger partial charge in [-0.25, -0.2) is 0 Å². The van der Waals surface area contributed by atoms with Crippen LogP contribution in [0.1, 0.15) is 18.5 Å². The molecule has 4 rings (SSSR count). The Morgan fingerprint density at radius 3 is 2.59 bits per heavy atom. The minimum absolute atomic E-state index is 0.0529. The summed E-state index contributed by atoms with van der Waals surface area (Å²) in [5.74, 6) is 1.78. The molecule has 1 aliphatic rings. The van der Waals surface area contributed by atoms with E-state index in [0.717, 1.165) is 29.0 Å². The lowest BCUT2D eigenvalue weighted by Crippen LogP contribution is -2.28. The number of nitrogens with zero attached hydrogens (tertiary/aromatic N) is 1. The van der Waals surface area contributed by atoms with Crippen LogP contribution in [0.2, 0.25) is 0 Å². The van der Waals surface area contributed by atoms with Crippen molar-refractivity contribution >= 4 is 23.4 Å². The fourth-order valence-corrected chi connectivity index (χ4v) is 3.76. The summed E-state index contributed by atoms with van der Waals surface area (Å²) < 4.78 is 16.2. The largest absolute Gasteiger partial charge is 0.493 e. The maximum absolute atomic E-state index is 13.0. The Kier molecular flexibility index (Phi) is 5.24. The molecule has 1 amide bonds. The number of methoxy groups -OCH3 is 2. The van der Waals surface area contributed by atoms with Crippen LogP contribution in [-0.2, 0) is 10.2 Å². The van der Waals surface area contributed by atoms with Crippen LogP contribution in [0, 0.1) is 0 Å². The summed E-state index contributed by atoms with van der Waals surface area (Å²) in [7, 11) is 3.18. The van der Waals surface area contributed by atoms with Gasteiger partial charge in [0.05, 0.1) is 25.3 Å². The van der Waals surface area contributed by atoms with Crippen molar-refractivity contribution in [3.8, 4) is 22.8 Å². The first kappa shape index (κ1) is 19.4. The summed E-state index contributed by atoms with van der Waals surface area (Å²) in [5, 5.41) is 7.24. The zero-order valence-electron chi connectivity index (χ0n) is 16.5. The minimum Gasteiger partial charge on any atom is -0.493 e. The van der Waals surface area contributed by atoms with Crippen molar-refractivity contribution in [3.63, 3.8) is 0 Å². The summed E-state index contributed by atoms with van der Waals surface area (Å²) in [6.45, 7) is 0. The molecule has 1 heterocycles. The number of hydrogen-bond acceptors (Lipinski definition) is 6. The van der Waals surface area contributed by atoms with Crippen LogP contribution in [-0.4, -0.2) is 31.5 Å². The van der Waals surface area contributed by atoms with E-state index in [4.69, 9.17) is 14.0 Å². The second-order valence-corrected chi connectivity index (χ2v) is 7.79. The van der Waals surface area contributed by atoms with Crippen LogP contribution in [0.3, 0.4) is 0 Å². The smallest absolute Gasteiger partial charge is 0.236 e. The van der Waals surface area contributed by atoms with Gasteiger partial charge < -0.3 is 19.3 Å². The highest BCUT2D eigenvalue weighted by atomic mass is 32.2. The minimum atomic E-state index is -0.631.